The molecule has 3 N–H and O–H groups in total. The minimum absolute atomic E-state index is 0.253. The largest absolute Gasteiger partial charge is 0.504 e. The number of benzene rings is 2. The molecule has 0 saturated carbocycles. The predicted octanol–water partition coefficient (Wildman–Crippen LogP) is 5.58. The number of phenolic OH excluding ortho intramolecular Hbond substituents is 2. The molecule has 26 heavy (non-hydrogen) atoms. The standard InChI is InChI=1S/C19H16BrF2NO3/c1-3-15(22)18(10(2)21)19(26)23-12-6-4-11(5-7-12)13-8-16(24)17(25)9-14(13)20/h3-9,24-25H,1-2H3,(H,23,26)/b15-3+,18-10-. The van der Waals surface area contributed by atoms with Crippen molar-refractivity contribution in [2.75, 3.05) is 5.32 Å². The van der Waals surface area contributed by atoms with Gasteiger partial charge in [-0.2, -0.15) is 0 Å². The van der Waals surface area contributed by atoms with E-state index in [0.717, 1.165) is 13.0 Å². The highest BCUT2D eigenvalue weighted by atomic mass is 79.9. The molecule has 0 aliphatic carbocycles. The lowest BCUT2D eigenvalue weighted by atomic mass is 10.0. The molecule has 0 radical (unpaired) electrons. The fourth-order valence-electron chi connectivity index (χ4n) is 2.27. The molecule has 0 unspecified atom stereocenters. The number of hydrogen-bond acceptors (Lipinski definition) is 3. The third kappa shape index (κ3) is 4.29. The van der Waals surface area contributed by atoms with E-state index in [0.29, 0.717) is 21.3 Å². The summed E-state index contributed by atoms with van der Waals surface area (Å²) in [7, 11) is 0. The highest BCUT2D eigenvalue weighted by Gasteiger charge is 2.18. The summed E-state index contributed by atoms with van der Waals surface area (Å²) >= 11 is 3.30. The van der Waals surface area contributed by atoms with Crippen molar-refractivity contribution in [2.24, 2.45) is 0 Å². The second-order valence-corrected chi connectivity index (χ2v) is 6.25. The summed E-state index contributed by atoms with van der Waals surface area (Å²) in [5.74, 6) is -3.27. The normalized spacial score (nSPS) is 12.6. The van der Waals surface area contributed by atoms with Crippen LogP contribution < -0.4 is 5.32 Å². The highest BCUT2D eigenvalue weighted by molar-refractivity contribution is 9.10. The average molecular weight is 424 g/mol. The molecule has 0 aromatic heterocycles. The van der Waals surface area contributed by atoms with Crippen LogP contribution in [0.3, 0.4) is 0 Å². The molecular weight excluding hydrogens is 408 g/mol. The zero-order valence-corrected chi connectivity index (χ0v) is 15.6. The number of halogens is 3. The maximum absolute atomic E-state index is 13.7. The number of anilines is 1. The number of aromatic hydroxyl groups is 2. The third-order valence-electron chi connectivity index (χ3n) is 3.58. The van der Waals surface area contributed by atoms with Crippen molar-refractivity contribution in [3.8, 4) is 22.6 Å². The molecule has 0 aliphatic heterocycles. The van der Waals surface area contributed by atoms with Crippen molar-refractivity contribution in [3.63, 3.8) is 0 Å². The predicted molar refractivity (Wildman–Crippen MR) is 100 cm³/mol. The van der Waals surface area contributed by atoms with Gasteiger partial charge in [-0.25, -0.2) is 8.78 Å². The molecular formula is C19H16BrF2NO3. The first-order valence-electron chi connectivity index (χ1n) is 7.56. The molecule has 1 amide bonds. The lowest BCUT2D eigenvalue weighted by Gasteiger charge is -2.10. The minimum atomic E-state index is -0.942. The summed E-state index contributed by atoms with van der Waals surface area (Å²) in [6, 6.07) is 9.18. The van der Waals surface area contributed by atoms with Crippen molar-refractivity contribution in [2.45, 2.75) is 13.8 Å². The summed E-state index contributed by atoms with van der Waals surface area (Å²) in [6.45, 7) is 2.38. The van der Waals surface area contributed by atoms with E-state index < -0.39 is 23.1 Å². The van der Waals surface area contributed by atoms with Gasteiger partial charge in [-0.15, -0.1) is 0 Å². The van der Waals surface area contributed by atoms with Gasteiger partial charge in [0.2, 0.25) is 0 Å². The Kier molecular flexibility index (Phi) is 6.15. The number of hydrogen-bond donors (Lipinski definition) is 3. The first-order chi connectivity index (χ1) is 12.2. The second-order valence-electron chi connectivity index (χ2n) is 5.40. The Morgan fingerprint density at radius 2 is 1.69 bits per heavy atom. The zero-order valence-electron chi connectivity index (χ0n) is 14.0. The average Bonchev–Trinajstić information content (AvgIpc) is 2.58. The molecule has 0 saturated heterocycles. The Morgan fingerprint density at radius 1 is 1.12 bits per heavy atom. The van der Waals surface area contributed by atoms with Gasteiger partial charge in [0.05, 0.1) is 0 Å². The fraction of sp³-hybridized carbons (Fsp3) is 0.105. The number of nitrogens with one attached hydrogen (secondary N) is 1. The first kappa shape index (κ1) is 19.7. The van der Waals surface area contributed by atoms with Crippen LogP contribution in [0.1, 0.15) is 13.8 Å². The van der Waals surface area contributed by atoms with Crippen molar-refractivity contribution in [1.29, 1.82) is 0 Å². The number of carbonyl (C=O) groups excluding carboxylic acids is 1. The maximum Gasteiger partial charge on any atom is 0.261 e. The van der Waals surface area contributed by atoms with Gasteiger partial charge in [0.25, 0.3) is 5.91 Å². The summed E-state index contributed by atoms with van der Waals surface area (Å²) in [5.41, 5.74) is 1.02. The molecule has 2 aromatic rings. The van der Waals surface area contributed by atoms with E-state index in [1.54, 1.807) is 24.3 Å². The van der Waals surface area contributed by atoms with Crippen LogP contribution in [0, 0.1) is 0 Å². The summed E-state index contributed by atoms with van der Waals surface area (Å²) < 4.78 is 27.7. The second kappa shape index (κ2) is 8.14. The Hall–Kier alpha value is -2.67. The van der Waals surface area contributed by atoms with Crippen LogP contribution in [-0.2, 0) is 4.79 Å². The van der Waals surface area contributed by atoms with Crippen LogP contribution >= 0.6 is 15.9 Å². The Balaban J connectivity index is 2.27. The molecule has 136 valence electrons. The lowest BCUT2D eigenvalue weighted by Crippen LogP contribution is -2.15. The van der Waals surface area contributed by atoms with E-state index in [1.807, 2.05) is 0 Å². The van der Waals surface area contributed by atoms with Crippen LogP contribution in [0.4, 0.5) is 14.5 Å². The van der Waals surface area contributed by atoms with Gasteiger partial charge in [-0.1, -0.05) is 34.1 Å². The quantitative estimate of drug-likeness (QED) is 0.341. The molecule has 4 nitrogen and oxygen atoms in total. The van der Waals surface area contributed by atoms with Gasteiger partial charge in [-0.05, 0) is 49.2 Å². The van der Waals surface area contributed by atoms with Gasteiger partial charge in [0, 0.05) is 10.2 Å². The van der Waals surface area contributed by atoms with Crippen molar-refractivity contribution < 1.29 is 23.8 Å². The monoisotopic (exact) mass is 423 g/mol. The summed E-state index contributed by atoms with van der Waals surface area (Å²) in [6.07, 6.45) is 1.01. The van der Waals surface area contributed by atoms with E-state index >= 15 is 0 Å². The van der Waals surface area contributed by atoms with Crippen LogP contribution in [0.25, 0.3) is 11.1 Å². The number of carbonyl (C=O) groups is 1. The van der Waals surface area contributed by atoms with Crippen molar-refractivity contribution in [3.05, 3.63) is 64.2 Å². The van der Waals surface area contributed by atoms with Crippen LogP contribution in [0.5, 0.6) is 11.5 Å². The molecule has 0 heterocycles. The zero-order chi connectivity index (χ0) is 19.4. The van der Waals surface area contributed by atoms with E-state index in [4.69, 9.17) is 0 Å². The molecule has 2 aromatic carbocycles. The topological polar surface area (TPSA) is 69.6 Å². The van der Waals surface area contributed by atoms with Crippen LogP contribution in [0.2, 0.25) is 0 Å². The molecule has 2 rings (SSSR count). The number of allylic oxidation sites excluding steroid dienone is 2. The van der Waals surface area contributed by atoms with Gasteiger partial charge >= 0.3 is 0 Å². The van der Waals surface area contributed by atoms with Crippen molar-refractivity contribution >= 4 is 27.5 Å². The number of amides is 1. The van der Waals surface area contributed by atoms with Crippen LogP contribution in [-0.4, -0.2) is 16.1 Å². The smallest absolute Gasteiger partial charge is 0.261 e. The maximum atomic E-state index is 13.7. The number of rotatable bonds is 4. The molecule has 0 fully saturated rings. The first-order valence-corrected chi connectivity index (χ1v) is 8.35. The Morgan fingerprint density at radius 3 is 2.23 bits per heavy atom. The molecule has 7 heteroatoms. The van der Waals surface area contributed by atoms with Crippen LogP contribution in [0.15, 0.2) is 64.2 Å². The van der Waals surface area contributed by atoms with Gasteiger partial charge in [0.1, 0.15) is 17.2 Å². The van der Waals surface area contributed by atoms with E-state index in [9.17, 15) is 23.8 Å². The van der Waals surface area contributed by atoms with E-state index in [2.05, 4.69) is 21.2 Å². The Bertz CT molecular complexity index is 902. The SMILES string of the molecule is C/C=C(F)\C(C(=O)Nc1ccc(-c2cc(O)c(O)cc2Br)cc1)=C(/C)F. The lowest BCUT2D eigenvalue weighted by molar-refractivity contribution is -0.112. The minimum Gasteiger partial charge on any atom is -0.504 e. The fourth-order valence-corrected chi connectivity index (χ4v) is 2.83. The van der Waals surface area contributed by atoms with E-state index in [1.165, 1.54) is 19.1 Å². The highest BCUT2D eigenvalue weighted by Crippen LogP contribution is 2.37. The van der Waals surface area contributed by atoms with Crippen molar-refractivity contribution in [1.82, 2.24) is 0 Å². The Labute approximate surface area is 157 Å². The third-order valence-corrected chi connectivity index (χ3v) is 4.24. The summed E-state index contributed by atoms with van der Waals surface area (Å²) in [4.78, 5) is 12.1. The van der Waals surface area contributed by atoms with Gasteiger partial charge in [-0.3, -0.25) is 4.79 Å². The molecule has 0 spiro atoms. The summed E-state index contributed by atoms with van der Waals surface area (Å²) in [5, 5.41) is 21.6. The number of phenols is 2. The molecule has 0 atom stereocenters. The molecule has 0 bridgehead atoms. The van der Waals surface area contributed by atoms with Gasteiger partial charge in [0.15, 0.2) is 11.5 Å². The van der Waals surface area contributed by atoms with Gasteiger partial charge < -0.3 is 15.5 Å². The van der Waals surface area contributed by atoms with E-state index in [-0.39, 0.29) is 11.5 Å². The molecule has 0 aliphatic rings.